The molecular weight excluding hydrogens is 108 g/mol. The monoisotopic (exact) mass is 125 g/mol. The third kappa shape index (κ3) is 1.70. The smallest absolute Gasteiger partial charge is 0.0241 e. The predicted molar refractivity (Wildman–Crippen MR) is 41.2 cm³/mol. The maximum Gasteiger partial charge on any atom is -0.0241 e. The Hall–Kier alpha value is 0. The van der Waals surface area contributed by atoms with Gasteiger partial charge >= 0.3 is 0 Å². The van der Waals surface area contributed by atoms with Crippen LogP contribution in [0.1, 0.15) is 46.0 Å². The summed E-state index contributed by atoms with van der Waals surface area (Å²) in [5.74, 6) is 2.76. The van der Waals surface area contributed by atoms with Crippen molar-refractivity contribution in [3.05, 3.63) is 5.92 Å². The molecule has 1 aliphatic rings. The van der Waals surface area contributed by atoms with Crippen LogP contribution in [0.25, 0.3) is 0 Å². The fourth-order valence-electron chi connectivity index (χ4n) is 1.82. The molecule has 0 aromatic heterocycles. The molecule has 1 atom stereocenters. The lowest BCUT2D eigenvalue weighted by molar-refractivity contribution is 0.523. The normalized spacial score (nSPS) is 29.3. The highest BCUT2D eigenvalue weighted by Gasteiger charge is 2.22. The fourth-order valence-corrected chi connectivity index (χ4v) is 1.82. The maximum atomic E-state index is 2.33. The van der Waals surface area contributed by atoms with Crippen LogP contribution in [0.4, 0.5) is 0 Å². The summed E-state index contributed by atoms with van der Waals surface area (Å²) >= 11 is 0. The van der Waals surface area contributed by atoms with Gasteiger partial charge in [-0.05, 0) is 24.7 Å². The summed E-state index contributed by atoms with van der Waals surface area (Å²) in [7, 11) is 0. The summed E-state index contributed by atoms with van der Waals surface area (Å²) < 4.78 is 0. The van der Waals surface area contributed by atoms with Crippen LogP contribution in [0, 0.1) is 11.8 Å². The van der Waals surface area contributed by atoms with E-state index in [0.717, 1.165) is 5.92 Å². The minimum Gasteiger partial charge on any atom is -0.0654 e. The van der Waals surface area contributed by atoms with Crippen LogP contribution in [-0.4, -0.2) is 0 Å². The van der Waals surface area contributed by atoms with Gasteiger partial charge < -0.3 is 0 Å². The summed E-state index contributed by atoms with van der Waals surface area (Å²) in [5, 5.41) is 0. The first-order chi connectivity index (χ1) is 4.34. The Morgan fingerprint density at radius 3 is 2.78 bits per heavy atom. The van der Waals surface area contributed by atoms with Gasteiger partial charge in [0.1, 0.15) is 0 Å². The van der Waals surface area contributed by atoms with E-state index < -0.39 is 0 Å². The van der Waals surface area contributed by atoms with Crippen LogP contribution in [0.15, 0.2) is 0 Å². The first-order valence-electron chi connectivity index (χ1n) is 4.17. The molecule has 0 amide bonds. The summed E-state index contributed by atoms with van der Waals surface area (Å²) in [6, 6.07) is 0. The van der Waals surface area contributed by atoms with Crippen LogP contribution in [-0.2, 0) is 0 Å². The van der Waals surface area contributed by atoms with Crippen LogP contribution in [0.2, 0.25) is 0 Å². The molecule has 1 unspecified atom stereocenters. The molecule has 1 aliphatic carbocycles. The lowest BCUT2D eigenvalue weighted by atomic mass is 9.94. The zero-order chi connectivity index (χ0) is 6.69. The van der Waals surface area contributed by atoms with Gasteiger partial charge in [0, 0.05) is 0 Å². The van der Waals surface area contributed by atoms with E-state index >= 15 is 0 Å². The highest BCUT2D eigenvalue weighted by Crippen LogP contribution is 2.35. The zero-order valence-corrected chi connectivity index (χ0v) is 6.61. The summed E-state index contributed by atoms with van der Waals surface area (Å²) in [6.45, 7) is 4.61. The molecule has 53 valence electrons. The Labute approximate surface area is 58.7 Å². The van der Waals surface area contributed by atoms with Crippen molar-refractivity contribution in [2.75, 3.05) is 0 Å². The standard InChI is InChI=1S/C9H17/c1-3-5-9-7-4-6-8(9)2/h9H,3-7H2,1-2H3. The quantitative estimate of drug-likeness (QED) is 0.531. The Kier molecular flexibility index (Phi) is 2.56. The van der Waals surface area contributed by atoms with Gasteiger partial charge in [0.25, 0.3) is 0 Å². The van der Waals surface area contributed by atoms with Gasteiger partial charge in [0.2, 0.25) is 0 Å². The number of rotatable bonds is 2. The Morgan fingerprint density at radius 2 is 2.33 bits per heavy atom. The maximum absolute atomic E-state index is 2.33. The van der Waals surface area contributed by atoms with Crippen LogP contribution >= 0.6 is 0 Å². The Balaban J connectivity index is 2.22. The molecule has 0 heteroatoms. The Bertz CT molecular complexity index is 76.1. The molecule has 0 aromatic rings. The van der Waals surface area contributed by atoms with Gasteiger partial charge in [0.05, 0.1) is 0 Å². The van der Waals surface area contributed by atoms with Crippen molar-refractivity contribution in [1.29, 1.82) is 0 Å². The average Bonchev–Trinajstić information content (AvgIpc) is 2.18. The molecule has 1 radical (unpaired) electrons. The fraction of sp³-hybridized carbons (Fsp3) is 0.889. The van der Waals surface area contributed by atoms with Crippen molar-refractivity contribution < 1.29 is 0 Å². The predicted octanol–water partition coefficient (Wildman–Crippen LogP) is 3.18. The van der Waals surface area contributed by atoms with Gasteiger partial charge in [-0.3, -0.25) is 0 Å². The highest BCUT2D eigenvalue weighted by atomic mass is 14.3. The van der Waals surface area contributed by atoms with Gasteiger partial charge in [-0.15, -0.1) is 0 Å². The summed E-state index contributed by atoms with van der Waals surface area (Å²) in [5.41, 5.74) is 0. The van der Waals surface area contributed by atoms with Gasteiger partial charge in [0.15, 0.2) is 0 Å². The van der Waals surface area contributed by atoms with Crippen LogP contribution in [0.5, 0.6) is 0 Å². The molecule has 0 bridgehead atoms. The third-order valence-corrected chi connectivity index (χ3v) is 2.46. The second-order valence-corrected chi connectivity index (χ2v) is 3.22. The van der Waals surface area contributed by atoms with Gasteiger partial charge in [-0.2, -0.15) is 0 Å². The minimum atomic E-state index is 0.995. The first-order valence-corrected chi connectivity index (χ1v) is 4.17. The van der Waals surface area contributed by atoms with E-state index in [9.17, 15) is 0 Å². The van der Waals surface area contributed by atoms with E-state index in [0.29, 0.717) is 0 Å². The summed E-state index contributed by atoms with van der Waals surface area (Å²) in [6.07, 6.45) is 7.13. The molecule has 1 saturated carbocycles. The molecule has 0 saturated heterocycles. The van der Waals surface area contributed by atoms with E-state index in [1.807, 2.05) is 0 Å². The van der Waals surface area contributed by atoms with Crippen molar-refractivity contribution in [3.8, 4) is 0 Å². The molecule has 1 fully saturated rings. The molecular formula is C9H17. The van der Waals surface area contributed by atoms with E-state index in [4.69, 9.17) is 0 Å². The van der Waals surface area contributed by atoms with E-state index in [-0.39, 0.29) is 0 Å². The Morgan fingerprint density at radius 1 is 1.56 bits per heavy atom. The summed E-state index contributed by atoms with van der Waals surface area (Å²) in [4.78, 5) is 0. The topological polar surface area (TPSA) is 0 Å². The van der Waals surface area contributed by atoms with Crippen molar-refractivity contribution in [1.82, 2.24) is 0 Å². The number of hydrogen-bond acceptors (Lipinski definition) is 0. The minimum absolute atomic E-state index is 0.995. The van der Waals surface area contributed by atoms with Crippen LogP contribution < -0.4 is 0 Å². The second kappa shape index (κ2) is 3.24. The molecule has 0 spiro atoms. The molecule has 0 N–H and O–H groups in total. The molecule has 9 heavy (non-hydrogen) atoms. The van der Waals surface area contributed by atoms with Gasteiger partial charge in [-0.25, -0.2) is 0 Å². The van der Waals surface area contributed by atoms with Crippen molar-refractivity contribution in [2.24, 2.45) is 5.92 Å². The van der Waals surface area contributed by atoms with Crippen LogP contribution in [0.3, 0.4) is 0 Å². The lowest BCUT2D eigenvalue weighted by Crippen LogP contribution is -1.99. The molecule has 0 aliphatic heterocycles. The van der Waals surface area contributed by atoms with E-state index in [1.54, 1.807) is 5.92 Å². The lowest BCUT2D eigenvalue weighted by Gasteiger charge is -2.11. The SMILES string of the molecule is CCCC1CCC[C]1C. The zero-order valence-electron chi connectivity index (χ0n) is 6.61. The molecule has 0 nitrogen and oxygen atoms in total. The number of hydrogen-bond donors (Lipinski definition) is 0. The van der Waals surface area contributed by atoms with E-state index in [2.05, 4.69) is 13.8 Å². The van der Waals surface area contributed by atoms with Crippen molar-refractivity contribution in [2.45, 2.75) is 46.0 Å². The molecule has 1 rings (SSSR count). The highest BCUT2D eigenvalue weighted by molar-refractivity contribution is 4.96. The second-order valence-electron chi connectivity index (χ2n) is 3.22. The van der Waals surface area contributed by atoms with E-state index in [1.165, 1.54) is 32.1 Å². The van der Waals surface area contributed by atoms with Crippen molar-refractivity contribution in [3.63, 3.8) is 0 Å². The molecule has 0 aromatic carbocycles. The van der Waals surface area contributed by atoms with Crippen molar-refractivity contribution >= 4 is 0 Å². The average molecular weight is 125 g/mol. The molecule has 0 heterocycles. The first kappa shape index (κ1) is 7.11. The largest absolute Gasteiger partial charge is 0.0654 e. The van der Waals surface area contributed by atoms with Gasteiger partial charge in [-0.1, -0.05) is 33.1 Å². The third-order valence-electron chi connectivity index (χ3n) is 2.46.